The van der Waals surface area contributed by atoms with E-state index in [2.05, 4.69) is 20.8 Å². The van der Waals surface area contributed by atoms with Crippen LogP contribution < -0.4 is 0 Å². The SMILES string of the molecule is CCC(C)COCCCC(=O)C(C)CC. The van der Waals surface area contributed by atoms with Crippen molar-refractivity contribution >= 4 is 5.78 Å². The Kier molecular flexibility index (Phi) is 8.68. The lowest BCUT2D eigenvalue weighted by molar-refractivity contribution is -0.122. The maximum absolute atomic E-state index is 11.5. The molecule has 0 saturated heterocycles. The number of ketones is 1. The van der Waals surface area contributed by atoms with E-state index >= 15 is 0 Å². The third kappa shape index (κ3) is 7.55. The van der Waals surface area contributed by atoms with E-state index in [1.54, 1.807) is 0 Å². The number of carbonyl (C=O) groups is 1. The number of hydrogen-bond donors (Lipinski definition) is 0. The fourth-order valence-corrected chi connectivity index (χ4v) is 1.22. The molecule has 15 heavy (non-hydrogen) atoms. The average molecular weight is 214 g/mol. The van der Waals surface area contributed by atoms with Crippen LogP contribution in [0.25, 0.3) is 0 Å². The summed E-state index contributed by atoms with van der Waals surface area (Å²) in [5, 5.41) is 0. The molecule has 2 heteroatoms. The van der Waals surface area contributed by atoms with Crippen LogP contribution in [0.4, 0.5) is 0 Å². The number of ether oxygens (including phenoxy) is 1. The molecule has 0 aliphatic rings. The van der Waals surface area contributed by atoms with Crippen LogP contribution in [0.2, 0.25) is 0 Å². The molecule has 90 valence electrons. The molecule has 0 aliphatic carbocycles. The molecule has 0 saturated carbocycles. The van der Waals surface area contributed by atoms with Crippen LogP contribution in [0.3, 0.4) is 0 Å². The highest BCUT2D eigenvalue weighted by atomic mass is 16.5. The zero-order valence-corrected chi connectivity index (χ0v) is 10.7. The maximum Gasteiger partial charge on any atom is 0.135 e. The van der Waals surface area contributed by atoms with E-state index in [1.165, 1.54) is 0 Å². The van der Waals surface area contributed by atoms with E-state index in [9.17, 15) is 4.79 Å². The van der Waals surface area contributed by atoms with Crippen LogP contribution in [0.5, 0.6) is 0 Å². The lowest BCUT2D eigenvalue weighted by atomic mass is 10.0. The predicted octanol–water partition coefficient (Wildman–Crippen LogP) is 3.44. The second kappa shape index (κ2) is 8.90. The number of rotatable bonds is 9. The molecule has 0 rings (SSSR count). The summed E-state index contributed by atoms with van der Waals surface area (Å²) in [6.07, 6.45) is 3.66. The smallest absolute Gasteiger partial charge is 0.135 e. The quantitative estimate of drug-likeness (QED) is 0.550. The molecule has 2 atom stereocenters. The van der Waals surface area contributed by atoms with Crippen LogP contribution >= 0.6 is 0 Å². The fraction of sp³-hybridized carbons (Fsp3) is 0.923. The maximum atomic E-state index is 11.5. The van der Waals surface area contributed by atoms with Crippen molar-refractivity contribution in [2.75, 3.05) is 13.2 Å². The molecule has 0 radical (unpaired) electrons. The highest BCUT2D eigenvalue weighted by Crippen LogP contribution is 2.07. The topological polar surface area (TPSA) is 26.3 Å². The minimum atomic E-state index is 0.222. The Morgan fingerprint density at radius 3 is 2.40 bits per heavy atom. The van der Waals surface area contributed by atoms with Crippen molar-refractivity contribution in [3.05, 3.63) is 0 Å². The van der Waals surface area contributed by atoms with Gasteiger partial charge in [0.2, 0.25) is 0 Å². The Hall–Kier alpha value is -0.370. The fourth-order valence-electron chi connectivity index (χ4n) is 1.22. The Bertz CT molecular complexity index is 166. The average Bonchev–Trinajstić information content (AvgIpc) is 2.26. The van der Waals surface area contributed by atoms with Gasteiger partial charge in [-0.05, 0) is 18.8 Å². The van der Waals surface area contributed by atoms with Gasteiger partial charge >= 0.3 is 0 Å². The Morgan fingerprint density at radius 2 is 1.87 bits per heavy atom. The van der Waals surface area contributed by atoms with E-state index in [0.29, 0.717) is 18.1 Å². The first-order chi connectivity index (χ1) is 7.11. The molecule has 0 aromatic carbocycles. The summed E-state index contributed by atoms with van der Waals surface area (Å²) in [6.45, 7) is 9.97. The molecule has 0 amide bonds. The zero-order valence-electron chi connectivity index (χ0n) is 10.7. The summed E-state index contributed by atoms with van der Waals surface area (Å²) in [6, 6.07) is 0. The summed E-state index contributed by atoms with van der Waals surface area (Å²) < 4.78 is 5.50. The molecule has 0 bridgehead atoms. The number of carbonyl (C=O) groups excluding carboxylic acids is 1. The third-order valence-corrected chi connectivity index (χ3v) is 2.97. The van der Waals surface area contributed by atoms with Gasteiger partial charge < -0.3 is 4.74 Å². The van der Waals surface area contributed by atoms with Gasteiger partial charge in [0.05, 0.1) is 0 Å². The molecule has 2 unspecified atom stereocenters. The van der Waals surface area contributed by atoms with E-state index in [-0.39, 0.29) is 5.92 Å². The lowest BCUT2D eigenvalue weighted by Gasteiger charge is -2.10. The van der Waals surface area contributed by atoms with Gasteiger partial charge in [0.15, 0.2) is 0 Å². The second-order valence-corrected chi connectivity index (χ2v) is 4.47. The van der Waals surface area contributed by atoms with Crippen molar-refractivity contribution in [3.63, 3.8) is 0 Å². The van der Waals surface area contributed by atoms with Crippen molar-refractivity contribution in [1.29, 1.82) is 0 Å². The van der Waals surface area contributed by atoms with Crippen molar-refractivity contribution in [1.82, 2.24) is 0 Å². The first-order valence-corrected chi connectivity index (χ1v) is 6.22. The standard InChI is InChI=1S/C13H26O2/c1-5-11(3)10-15-9-7-8-13(14)12(4)6-2/h11-12H,5-10H2,1-4H3. The van der Waals surface area contributed by atoms with Crippen LogP contribution in [0.1, 0.15) is 53.4 Å². The minimum Gasteiger partial charge on any atom is -0.381 e. The van der Waals surface area contributed by atoms with Crippen molar-refractivity contribution < 1.29 is 9.53 Å². The Balaban J connectivity index is 3.35. The predicted molar refractivity (Wildman–Crippen MR) is 64.0 cm³/mol. The molecule has 0 aromatic rings. The van der Waals surface area contributed by atoms with Gasteiger partial charge in [-0.15, -0.1) is 0 Å². The van der Waals surface area contributed by atoms with Crippen molar-refractivity contribution in [2.45, 2.75) is 53.4 Å². The van der Waals surface area contributed by atoms with Gasteiger partial charge in [-0.3, -0.25) is 4.79 Å². The number of Topliss-reactive ketones (excluding diaryl/α,β-unsaturated/α-hetero) is 1. The van der Waals surface area contributed by atoms with Crippen molar-refractivity contribution in [2.24, 2.45) is 11.8 Å². The van der Waals surface area contributed by atoms with Gasteiger partial charge in [0, 0.05) is 25.6 Å². The first kappa shape index (κ1) is 14.6. The molecule has 0 fully saturated rings. The number of hydrogen-bond acceptors (Lipinski definition) is 2. The molecule has 2 nitrogen and oxygen atoms in total. The van der Waals surface area contributed by atoms with Gasteiger partial charge in [-0.1, -0.05) is 34.1 Å². The monoisotopic (exact) mass is 214 g/mol. The zero-order chi connectivity index (χ0) is 11.7. The molecule has 0 heterocycles. The molecule has 0 spiro atoms. The third-order valence-electron chi connectivity index (χ3n) is 2.97. The summed E-state index contributed by atoms with van der Waals surface area (Å²) in [5.74, 6) is 1.24. The summed E-state index contributed by atoms with van der Waals surface area (Å²) >= 11 is 0. The van der Waals surface area contributed by atoms with E-state index in [4.69, 9.17) is 4.74 Å². The first-order valence-electron chi connectivity index (χ1n) is 6.22. The van der Waals surface area contributed by atoms with E-state index in [0.717, 1.165) is 32.5 Å². The van der Waals surface area contributed by atoms with E-state index < -0.39 is 0 Å². The molecular weight excluding hydrogens is 188 g/mol. The van der Waals surface area contributed by atoms with Crippen molar-refractivity contribution in [3.8, 4) is 0 Å². The Morgan fingerprint density at radius 1 is 1.20 bits per heavy atom. The van der Waals surface area contributed by atoms with Crippen LogP contribution in [0.15, 0.2) is 0 Å². The summed E-state index contributed by atoms with van der Waals surface area (Å²) in [5.41, 5.74) is 0. The largest absolute Gasteiger partial charge is 0.381 e. The minimum absolute atomic E-state index is 0.222. The molecular formula is C13H26O2. The van der Waals surface area contributed by atoms with Gasteiger partial charge in [0.1, 0.15) is 5.78 Å². The normalized spacial score (nSPS) is 14.9. The summed E-state index contributed by atoms with van der Waals surface area (Å²) in [4.78, 5) is 11.5. The molecule has 0 aromatic heterocycles. The van der Waals surface area contributed by atoms with Crippen LogP contribution in [-0.2, 0) is 9.53 Å². The lowest BCUT2D eigenvalue weighted by Crippen LogP contribution is -2.11. The van der Waals surface area contributed by atoms with Gasteiger partial charge in [0.25, 0.3) is 0 Å². The van der Waals surface area contributed by atoms with Crippen LogP contribution in [0, 0.1) is 11.8 Å². The molecule has 0 aliphatic heterocycles. The Labute approximate surface area is 94.4 Å². The summed E-state index contributed by atoms with van der Waals surface area (Å²) in [7, 11) is 0. The second-order valence-electron chi connectivity index (χ2n) is 4.47. The van der Waals surface area contributed by atoms with Gasteiger partial charge in [-0.25, -0.2) is 0 Å². The highest BCUT2D eigenvalue weighted by Gasteiger charge is 2.09. The van der Waals surface area contributed by atoms with Gasteiger partial charge in [-0.2, -0.15) is 0 Å². The molecule has 0 N–H and O–H groups in total. The van der Waals surface area contributed by atoms with E-state index in [1.807, 2.05) is 6.92 Å². The van der Waals surface area contributed by atoms with Crippen LogP contribution in [-0.4, -0.2) is 19.0 Å². The highest BCUT2D eigenvalue weighted by molar-refractivity contribution is 5.80.